The van der Waals surface area contributed by atoms with Crippen LogP contribution in [0.15, 0.2) is 24.3 Å². The Balaban J connectivity index is 1.25. The first-order valence-corrected chi connectivity index (χ1v) is 11.2. The van der Waals surface area contributed by atoms with Gasteiger partial charge in [-0.3, -0.25) is 14.5 Å². The van der Waals surface area contributed by atoms with Crippen molar-refractivity contribution in [3.8, 4) is 5.75 Å². The SMILES string of the molecule is CCOc1ccc(CN2CCN(C(=O)C3CC(=O)N(C4CCCC4)C3)CC2)cc1. The average Bonchev–Trinajstić information content (AvgIpc) is 3.39. The van der Waals surface area contributed by atoms with Crippen LogP contribution in [-0.4, -0.2) is 71.9 Å². The summed E-state index contributed by atoms with van der Waals surface area (Å²) in [5, 5.41) is 0. The molecular formula is C23H33N3O3. The van der Waals surface area contributed by atoms with Crippen LogP contribution in [0.25, 0.3) is 0 Å². The van der Waals surface area contributed by atoms with Gasteiger partial charge in [0, 0.05) is 51.7 Å². The van der Waals surface area contributed by atoms with E-state index in [1.165, 1.54) is 18.4 Å². The first-order valence-electron chi connectivity index (χ1n) is 11.2. The lowest BCUT2D eigenvalue weighted by atomic mass is 10.1. The third-order valence-corrected chi connectivity index (χ3v) is 6.60. The Hall–Kier alpha value is -2.08. The summed E-state index contributed by atoms with van der Waals surface area (Å²) >= 11 is 0. The molecule has 0 N–H and O–H groups in total. The predicted octanol–water partition coefficient (Wildman–Crippen LogP) is 2.52. The summed E-state index contributed by atoms with van der Waals surface area (Å²) < 4.78 is 5.50. The number of likely N-dealkylation sites (tertiary alicyclic amines) is 1. The third kappa shape index (κ3) is 4.74. The Morgan fingerprint density at radius 3 is 2.41 bits per heavy atom. The first kappa shape index (κ1) is 20.2. The van der Waals surface area contributed by atoms with E-state index >= 15 is 0 Å². The fraction of sp³-hybridized carbons (Fsp3) is 0.652. The summed E-state index contributed by atoms with van der Waals surface area (Å²) in [7, 11) is 0. The van der Waals surface area contributed by atoms with E-state index in [0.717, 1.165) is 51.3 Å². The summed E-state index contributed by atoms with van der Waals surface area (Å²) in [6, 6.07) is 8.65. The molecule has 0 spiro atoms. The molecule has 3 fully saturated rings. The Labute approximate surface area is 173 Å². The number of rotatable bonds is 6. The van der Waals surface area contributed by atoms with Crippen LogP contribution in [0.1, 0.15) is 44.6 Å². The van der Waals surface area contributed by atoms with E-state index in [2.05, 4.69) is 17.0 Å². The van der Waals surface area contributed by atoms with Gasteiger partial charge in [-0.05, 0) is 37.5 Å². The van der Waals surface area contributed by atoms with E-state index in [4.69, 9.17) is 4.74 Å². The summed E-state index contributed by atoms with van der Waals surface area (Å²) in [6.07, 6.45) is 5.04. The molecule has 4 rings (SSSR count). The average molecular weight is 400 g/mol. The maximum absolute atomic E-state index is 13.0. The minimum Gasteiger partial charge on any atom is -0.494 e. The molecule has 1 aromatic carbocycles. The minimum absolute atomic E-state index is 0.138. The van der Waals surface area contributed by atoms with Gasteiger partial charge in [0.05, 0.1) is 12.5 Å². The molecule has 158 valence electrons. The number of amides is 2. The van der Waals surface area contributed by atoms with Crippen LogP contribution in [0.4, 0.5) is 0 Å². The highest BCUT2D eigenvalue weighted by Gasteiger charge is 2.40. The number of ether oxygens (including phenoxy) is 1. The van der Waals surface area contributed by atoms with Gasteiger partial charge < -0.3 is 14.5 Å². The van der Waals surface area contributed by atoms with Gasteiger partial charge in [-0.1, -0.05) is 25.0 Å². The monoisotopic (exact) mass is 399 g/mol. The van der Waals surface area contributed by atoms with Crippen molar-refractivity contribution in [1.29, 1.82) is 0 Å². The van der Waals surface area contributed by atoms with Crippen molar-refractivity contribution in [3.05, 3.63) is 29.8 Å². The molecule has 2 heterocycles. The fourth-order valence-electron chi connectivity index (χ4n) is 4.97. The Kier molecular flexibility index (Phi) is 6.38. The van der Waals surface area contributed by atoms with Crippen molar-refractivity contribution in [2.24, 2.45) is 5.92 Å². The maximum atomic E-state index is 13.0. The van der Waals surface area contributed by atoms with Crippen molar-refractivity contribution in [2.45, 2.75) is 51.6 Å². The zero-order valence-corrected chi connectivity index (χ0v) is 17.5. The van der Waals surface area contributed by atoms with E-state index < -0.39 is 0 Å². The number of hydrogen-bond donors (Lipinski definition) is 0. The van der Waals surface area contributed by atoms with Crippen molar-refractivity contribution in [2.75, 3.05) is 39.3 Å². The van der Waals surface area contributed by atoms with Crippen LogP contribution < -0.4 is 4.74 Å². The topological polar surface area (TPSA) is 53.1 Å². The zero-order chi connectivity index (χ0) is 20.2. The Morgan fingerprint density at radius 1 is 1.07 bits per heavy atom. The molecule has 2 saturated heterocycles. The molecule has 1 aliphatic carbocycles. The maximum Gasteiger partial charge on any atom is 0.228 e. The summed E-state index contributed by atoms with van der Waals surface area (Å²) in [5.41, 5.74) is 1.27. The second-order valence-corrected chi connectivity index (χ2v) is 8.56. The van der Waals surface area contributed by atoms with E-state index in [1.807, 2.05) is 28.9 Å². The van der Waals surface area contributed by atoms with Gasteiger partial charge in [-0.25, -0.2) is 0 Å². The smallest absolute Gasteiger partial charge is 0.228 e. The van der Waals surface area contributed by atoms with Crippen LogP contribution in [-0.2, 0) is 16.1 Å². The molecular weight excluding hydrogens is 366 g/mol. The van der Waals surface area contributed by atoms with Gasteiger partial charge in [-0.15, -0.1) is 0 Å². The second-order valence-electron chi connectivity index (χ2n) is 8.56. The molecule has 2 aliphatic heterocycles. The summed E-state index contributed by atoms with van der Waals surface area (Å²) in [5.74, 6) is 1.13. The molecule has 0 bridgehead atoms. The van der Waals surface area contributed by atoms with Crippen molar-refractivity contribution in [1.82, 2.24) is 14.7 Å². The predicted molar refractivity (Wildman–Crippen MR) is 112 cm³/mol. The quantitative estimate of drug-likeness (QED) is 0.738. The van der Waals surface area contributed by atoms with Crippen LogP contribution in [0.2, 0.25) is 0 Å². The van der Waals surface area contributed by atoms with E-state index in [-0.39, 0.29) is 17.7 Å². The van der Waals surface area contributed by atoms with E-state index in [9.17, 15) is 9.59 Å². The van der Waals surface area contributed by atoms with Gasteiger partial charge in [-0.2, -0.15) is 0 Å². The first-order chi connectivity index (χ1) is 14.1. The second kappa shape index (κ2) is 9.16. The van der Waals surface area contributed by atoms with E-state index in [1.54, 1.807) is 0 Å². The van der Waals surface area contributed by atoms with Gasteiger partial charge in [0.15, 0.2) is 0 Å². The highest BCUT2D eigenvalue weighted by molar-refractivity contribution is 5.89. The largest absolute Gasteiger partial charge is 0.494 e. The van der Waals surface area contributed by atoms with Gasteiger partial charge in [0.2, 0.25) is 11.8 Å². The van der Waals surface area contributed by atoms with Crippen molar-refractivity contribution in [3.63, 3.8) is 0 Å². The molecule has 3 aliphatic rings. The lowest BCUT2D eigenvalue weighted by molar-refractivity contribution is -0.137. The summed E-state index contributed by atoms with van der Waals surface area (Å²) in [4.78, 5) is 31.8. The van der Waals surface area contributed by atoms with E-state index in [0.29, 0.717) is 25.6 Å². The number of benzene rings is 1. The molecule has 2 amide bonds. The molecule has 6 nitrogen and oxygen atoms in total. The molecule has 6 heteroatoms. The summed E-state index contributed by atoms with van der Waals surface area (Å²) in [6.45, 7) is 7.47. The number of carbonyl (C=O) groups is 2. The van der Waals surface area contributed by atoms with Crippen LogP contribution >= 0.6 is 0 Å². The van der Waals surface area contributed by atoms with Gasteiger partial charge in [0.1, 0.15) is 5.75 Å². The van der Waals surface area contributed by atoms with Crippen molar-refractivity contribution < 1.29 is 14.3 Å². The van der Waals surface area contributed by atoms with Crippen LogP contribution in [0.5, 0.6) is 5.75 Å². The van der Waals surface area contributed by atoms with Crippen LogP contribution in [0.3, 0.4) is 0 Å². The fourth-order valence-corrected chi connectivity index (χ4v) is 4.97. The third-order valence-electron chi connectivity index (χ3n) is 6.60. The number of hydrogen-bond acceptors (Lipinski definition) is 4. The highest BCUT2D eigenvalue weighted by Crippen LogP contribution is 2.30. The number of nitrogens with zero attached hydrogens (tertiary/aromatic N) is 3. The highest BCUT2D eigenvalue weighted by atomic mass is 16.5. The molecule has 0 aromatic heterocycles. The molecule has 1 aromatic rings. The minimum atomic E-state index is -0.138. The zero-order valence-electron chi connectivity index (χ0n) is 17.5. The molecule has 29 heavy (non-hydrogen) atoms. The molecule has 0 radical (unpaired) electrons. The lowest BCUT2D eigenvalue weighted by Gasteiger charge is -2.36. The standard InChI is InChI=1S/C23H33N3O3/c1-2-29-21-9-7-18(8-10-21)16-24-11-13-25(14-12-24)23(28)19-15-22(27)26(17-19)20-5-3-4-6-20/h7-10,19-20H,2-6,11-17H2,1H3. The Bertz CT molecular complexity index is 707. The number of carbonyl (C=O) groups excluding carboxylic acids is 2. The molecule has 1 saturated carbocycles. The normalized spacial score (nSPS) is 23.8. The van der Waals surface area contributed by atoms with Crippen molar-refractivity contribution >= 4 is 11.8 Å². The lowest BCUT2D eigenvalue weighted by Crippen LogP contribution is -2.50. The van der Waals surface area contributed by atoms with Crippen LogP contribution in [0, 0.1) is 5.92 Å². The Morgan fingerprint density at radius 2 is 1.76 bits per heavy atom. The van der Waals surface area contributed by atoms with Gasteiger partial charge in [0.25, 0.3) is 0 Å². The molecule has 1 unspecified atom stereocenters. The number of piperazine rings is 1. The molecule has 1 atom stereocenters. The van der Waals surface area contributed by atoms with Gasteiger partial charge >= 0.3 is 0 Å².